The van der Waals surface area contributed by atoms with Gasteiger partial charge in [0.15, 0.2) is 5.96 Å². The summed E-state index contributed by atoms with van der Waals surface area (Å²) in [7, 11) is 1.79. The van der Waals surface area contributed by atoms with E-state index < -0.39 is 0 Å². The van der Waals surface area contributed by atoms with E-state index in [-0.39, 0.29) is 0 Å². The lowest BCUT2D eigenvalue weighted by Gasteiger charge is -2.21. The van der Waals surface area contributed by atoms with Gasteiger partial charge >= 0.3 is 0 Å². The smallest absolute Gasteiger partial charge is 0.191 e. The highest BCUT2D eigenvalue weighted by Crippen LogP contribution is 2.15. The summed E-state index contributed by atoms with van der Waals surface area (Å²) in [6.07, 6.45) is 3.22. The van der Waals surface area contributed by atoms with Gasteiger partial charge in [0.2, 0.25) is 0 Å². The molecule has 26 heavy (non-hydrogen) atoms. The lowest BCUT2D eigenvalue weighted by atomic mass is 10.0. The first kappa shape index (κ1) is 18.7. The molecule has 2 aromatic rings. The summed E-state index contributed by atoms with van der Waals surface area (Å²) < 4.78 is 11.2. The van der Waals surface area contributed by atoms with Crippen LogP contribution in [0.5, 0.6) is 0 Å². The van der Waals surface area contributed by atoms with E-state index in [0.717, 1.165) is 69.4 Å². The van der Waals surface area contributed by atoms with Gasteiger partial charge in [0, 0.05) is 51.2 Å². The molecule has 1 aromatic carbocycles. The molecule has 142 valence electrons. The normalized spacial score (nSPS) is 16.1. The van der Waals surface area contributed by atoms with Crippen molar-refractivity contribution < 1.29 is 9.47 Å². The Morgan fingerprint density at radius 3 is 2.92 bits per heavy atom. The van der Waals surface area contributed by atoms with Gasteiger partial charge < -0.3 is 25.1 Å². The maximum atomic E-state index is 5.79. The van der Waals surface area contributed by atoms with Gasteiger partial charge in [-0.25, -0.2) is 0 Å². The number of nitrogens with one attached hydrogen (secondary N) is 3. The largest absolute Gasteiger partial charge is 0.381 e. The van der Waals surface area contributed by atoms with E-state index in [2.05, 4.69) is 44.9 Å². The Balaban J connectivity index is 1.29. The minimum atomic E-state index is 0.669. The van der Waals surface area contributed by atoms with Gasteiger partial charge in [0.25, 0.3) is 0 Å². The predicted octanol–water partition coefficient (Wildman–Crippen LogP) is 2.67. The van der Waals surface area contributed by atoms with Gasteiger partial charge in [0.1, 0.15) is 0 Å². The maximum absolute atomic E-state index is 5.79. The van der Waals surface area contributed by atoms with Crippen molar-refractivity contribution in [2.24, 2.45) is 10.9 Å². The van der Waals surface area contributed by atoms with E-state index in [1.165, 1.54) is 5.39 Å². The van der Waals surface area contributed by atoms with Crippen LogP contribution >= 0.6 is 0 Å². The number of aliphatic imine (C=N–C) groups is 1. The second-order valence-corrected chi connectivity index (χ2v) is 6.72. The van der Waals surface area contributed by atoms with Gasteiger partial charge in [-0.3, -0.25) is 4.99 Å². The molecule has 1 saturated heterocycles. The molecule has 1 aromatic heterocycles. The Hall–Kier alpha value is -2.05. The highest BCUT2D eigenvalue weighted by molar-refractivity contribution is 5.81. The van der Waals surface area contributed by atoms with Crippen LogP contribution in [0.2, 0.25) is 0 Å². The Bertz CT molecular complexity index is 659. The molecule has 3 N–H and O–H groups in total. The van der Waals surface area contributed by atoms with E-state index in [1.54, 1.807) is 7.05 Å². The topological polar surface area (TPSA) is 70.7 Å². The van der Waals surface area contributed by atoms with Crippen LogP contribution in [0.4, 0.5) is 0 Å². The molecule has 0 amide bonds. The van der Waals surface area contributed by atoms with Crippen molar-refractivity contribution in [3.63, 3.8) is 0 Å². The lowest BCUT2D eigenvalue weighted by molar-refractivity contribution is 0.0203. The lowest BCUT2D eigenvalue weighted by Crippen LogP contribution is -2.37. The fourth-order valence-corrected chi connectivity index (χ4v) is 3.17. The monoisotopic (exact) mass is 358 g/mol. The summed E-state index contributed by atoms with van der Waals surface area (Å²) in [6, 6.07) is 10.5. The van der Waals surface area contributed by atoms with Crippen molar-refractivity contribution in [2.75, 3.05) is 40.0 Å². The first-order chi connectivity index (χ1) is 12.8. The zero-order valence-corrected chi connectivity index (χ0v) is 15.6. The molecule has 0 spiro atoms. The Kier molecular flexibility index (Phi) is 7.34. The first-order valence-corrected chi connectivity index (χ1v) is 9.52. The average molecular weight is 358 g/mol. The van der Waals surface area contributed by atoms with Gasteiger partial charge in [-0.2, -0.15) is 0 Å². The molecule has 6 nitrogen and oxygen atoms in total. The van der Waals surface area contributed by atoms with Crippen molar-refractivity contribution in [1.29, 1.82) is 0 Å². The number of rotatable bonds is 8. The Labute approximate surface area is 155 Å². The van der Waals surface area contributed by atoms with Crippen LogP contribution in [0.25, 0.3) is 10.9 Å². The average Bonchev–Trinajstić information content (AvgIpc) is 3.10. The number of hydrogen-bond donors (Lipinski definition) is 3. The van der Waals surface area contributed by atoms with Gasteiger partial charge in [0.05, 0.1) is 6.54 Å². The first-order valence-electron chi connectivity index (χ1n) is 9.52. The van der Waals surface area contributed by atoms with Gasteiger partial charge in [-0.1, -0.05) is 18.2 Å². The molecule has 0 radical (unpaired) electrons. The summed E-state index contributed by atoms with van der Waals surface area (Å²) in [5.41, 5.74) is 2.31. The van der Waals surface area contributed by atoms with Crippen LogP contribution in [-0.4, -0.2) is 51.0 Å². The van der Waals surface area contributed by atoms with E-state index in [9.17, 15) is 0 Å². The summed E-state index contributed by atoms with van der Waals surface area (Å²) in [6.45, 7) is 4.97. The van der Waals surface area contributed by atoms with Crippen LogP contribution in [0.1, 0.15) is 25.0 Å². The van der Waals surface area contributed by atoms with E-state index >= 15 is 0 Å². The van der Waals surface area contributed by atoms with Crippen LogP contribution < -0.4 is 10.6 Å². The van der Waals surface area contributed by atoms with Crippen LogP contribution in [0.3, 0.4) is 0 Å². The third-order valence-electron chi connectivity index (χ3n) is 4.71. The Morgan fingerprint density at radius 1 is 1.27 bits per heavy atom. The fourth-order valence-electron chi connectivity index (χ4n) is 3.17. The molecule has 1 aliphatic heterocycles. The molecule has 0 saturated carbocycles. The minimum Gasteiger partial charge on any atom is -0.381 e. The van der Waals surface area contributed by atoms with E-state index in [0.29, 0.717) is 12.5 Å². The standard InChI is InChI=1S/C20H30N4O2/c1-21-20(22-9-4-10-26-15-16-7-11-25-12-8-16)23-14-18-13-17-5-2-3-6-19(17)24-18/h2-3,5-6,13,16,24H,4,7-12,14-15H2,1H3,(H2,21,22,23). The third kappa shape index (κ3) is 5.75. The third-order valence-corrected chi connectivity index (χ3v) is 4.71. The number of ether oxygens (including phenoxy) is 2. The molecular weight excluding hydrogens is 328 g/mol. The highest BCUT2D eigenvalue weighted by Gasteiger charge is 2.13. The van der Waals surface area contributed by atoms with Crippen molar-refractivity contribution in [3.05, 3.63) is 36.0 Å². The molecule has 0 aliphatic carbocycles. The maximum Gasteiger partial charge on any atom is 0.191 e. The van der Waals surface area contributed by atoms with Gasteiger partial charge in [-0.15, -0.1) is 0 Å². The number of nitrogens with zero attached hydrogens (tertiary/aromatic N) is 1. The number of aromatic amines is 1. The van der Waals surface area contributed by atoms with Crippen LogP contribution in [0.15, 0.2) is 35.3 Å². The van der Waals surface area contributed by atoms with Gasteiger partial charge in [-0.05, 0) is 42.7 Å². The number of benzene rings is 1. The molecule has 3 rings (SSSR count). The second-order valence-electron chi connectivity index (χ2n) is 6.72. The molecule has 0 unspecified atom stereocenters. The molecule has 1 fully saturated rings. The summed E-state index contributed by atoms with van der Waals surface area (Å²) in [4.78, 5) is 7.69. The number of para-hydroxylation sites is 1. The molecule has 0 bridgehead atoms. The predicted molar refractivity (Wildman–Crippen MR) is 105 cm³/mol. The SMILES string of the molecule is CN=C(NCCCOCC1CCOCC1)NCc1cc2ccccc2[nH]1. The molecule has 6 heteroatoms. The van der Waals surface area contributed by atoms with Crippen LogP contribution in [0, 0.1) is 5.92 Å². The number of fused-ring (bicyclic) bond motifs is 1. The minimum absolute atomic E-state index is 0.669. The number of hydrogen-bond acceptors (Lipinski definition) is 3. The molecule has 2 heterocycles. The number of H-pyrrole nitrogens is 1. The fraction of sp³-hybridized carbons (Fsp3) is 0.550. The van der Waals surface area contributed by atoms with Crippen molar-refractivity contribution in [2.45, 2.75) is 25.8 Å². The molecule has 1 aliphatic rings. The Morgan fingerprint density at radius 2 is 2.12 bits per heavy atom. The van der Waals surface area contributed by atoms with Crippen molar-refractivity contribution in [1.82, 2.24) is 15.6 Å². The quantitative estimate of drug-likeness (QED) is 0.385. The zero-order valence-electron chi connectivity index (χ0n) is 15.6. The molecular formula is C20H30N4O2. The molecule has 0 atom stereocenters. The summed E-state index contributed by atoms with van der Waals surface area (Å²) in [5, 5.41) is 7.91. The number of guanidine groups is 1. The zero-order chi connectivity index (χ0) is 18.0. The van der Waals surface area contributed by atoms with E-state index in [4.69, 9.17) is 9.47 Å². The summed E-state index contributed by atoms with van der Waals surface area (Å²) >= 11 is 0. The summed E-state index contributed by atoms with van der Waals surface area (Å²) in [5.74, 6) is 1.48. The van der Waals surface area contributed by atoms with Crippen LogP contribution in [-0.2, 0) is 16.0 Å². The van der Waals surface area contributed by atoms with Crippen molar-refractivity contribution in [3.8, 4) is 0 Å². The van der Waals surface area contributed by atoms with E-state index in [1.807, 2.05) is 6.07 Å². The van der Waals surface area contributed by atoms with Crippen molar-refractivity contribution >= 4 is 16.9 Å². The second kappa shape index (κ2) is 10.2. The highest BCUT2D eigenvalue weighted by atomic mass is 16.5. The number of aromatic nitrogens is 1.